The molecule has 0 aromatic carbocycles. The Kier molecular flexibility index (Phi) is 5.61. The van der Waals surface area contributed by atoms with E-state index in [1.807, 2.05) is 11.7 Å². The second kappa shape index (κ2) is 6.48. The number of allylic oxidation sites excluding steroid dienone is 2. The quantitative estimate of drug-likeness (QED) is 0.593. The minimum Gasteiger partial charge on any atom is -0.271 e. The summed E-state index contributed by atoms with van der Waals surface area (Å²) in [5.41, 5.74) is 2.39. The molecule has 2 nitrogen and oxygen atoms in total. The van der Waals surface area contributed by atoms with Crippen LogP contribution in [-0.4, -0.2) is 15.1 Å². The summed E-state index contributed by atoms with van der Waals surface area (Å²) in [5.74, 6) is 0. The molecule has 1 heterocycles. The third kappa shape index (κ3) is 3.45. The summed E-state index contributed by atoms with van der Waals surface area (Å²) in [5, 5.41) is 5.48. The number of hydrogen-bond acceptors (Lipinski definition) is 1. The molecular weight excluding hydrogens is 320 g/mol. The molecule has 1 aromatic heterocycles. The van der Waals surface area contributed by atoms with Crippen molar-refractivity contribution in [3.05, 3.63) is 28.0 Å². The molecule has 84 valence electrons. The highest BCUT2D eigenvalue weighted by Crippen LogP contribution is 2.22. The zero-order valence-electron chi connectivity index (χ0n) is 9.13. The average Bonchev–Trinajstić information content (AvgIpc) is 2.50. The second-order valence-corrected chi connectivity index (χ2v) is 4.92. The summed E-state index contributed by atoms with van der Waals surface area (Å²) < 4.78 is 3.12. The van der Waals surface area contributed by atoms with Crippen LogP contribution in [0.25, 0.3) is 0 Å². The molecule has 0 fully saturated rings. The molecule has 0 saturated heterocycles. The van der Waals surface area contributed by atoms with Gasteiger partial charge in [-0.15, -0.1) is 0 Å². The molecule has 0 aliphatic carbocycles. The van der Waals surface area contributed by atoms with Crippen molar-refractivity contribution >= 4 is 31.9 Å². The maximum absolute atomic E-state index is 4.45. The second-order valence-electron chi connectivity index (χ2n) is 3.34. The van der Waals surface area contributed by atoms with Crippen molar-refractivity contribution in [3.8, 4) is 0 Å². The van der Waals surface area contributed by atoms with E-state index in [0.717, 1.165) is 34.8 Å². The SMILES string of the molecule is CCc1nn(C)c(CC=CCCBr)c1Br. The Morgan fingerprint density at radius 1 is 1.40 bits per heavy atom. The fourth-order valence-electron chi connectivity index (χ4n) is 1.42. The highest BCUT2D eigenvalue weighted by molar-refractivity contribution is 9.10. The van der Waals surface area contributed by atoms with Crippen molar-refractivity contribution in [1.29, 1.82) is 0 Å². The Labute approximate surface area is 108 Å². The van der Waals surface area contributed by atoms with Gasteiger partial charge in [-0.05, 0) is 28.8 Å². The van der Waals surface area contributed by atoms with Crippen LogP contribution in [0.4, 0.5) is 0 Å². The van der Waals surface area contributed by atoms with E-state index >= 15 is 0 Å². The van der Waals surface area contributed by atoms with Crippen molar-refractivity contribution in [2.75, 3.05) is 5.33 Å². The molecule has 1 aromatic rings. The van der Waals surface area contributed by atoms with Gasteiger partial charge in [0, 0.05) is 18.8 Å². The van der Waals surface area contributed by atoms with Gasteiger partial charge in [0.15, 0.2) is 0 Å². The minimum absolute atomic E-state index is 0.942. The summed E-state index contributed by atoms with van der Waals surface area (Å²) in [7, 11) is 2.00. The van der Waals surface area contributed by atoms with Crippen LogP contribution in [0, 0.1) is 0 Å². The number of rotatable bonds is 5. The van der Waals surface area contributed by atoms with Gasteiger partial charge >= 0.3 is 0 Å². The lowest BCUT2D eigenvalue weighted by molar-refractivity contribution is 0.712. The Hall–Kier alpha value is -0.0900. The highest BCUT2D eigenvalue weighted by atomic mass is 79.9. The predicted octanol–water partition coefficient (Wildman–Crippen LogP) is 3.63. The van der Waals surface area contributed by atoms with Gasteiger partial charge in [0.1, 0.15) is 0 Å². The molecule has 0 radical (unpaired) electrons. The summed E-state index contributed by atoms with van der Waals surface area (Å²) >= 11 is 7.01. The number of nitrogens with zero attached hydrogens (tertiary/aromatic N) is 2. The van der Waals surface area contributed by atoms with E-state index in [9.17, 15) is 0 Å². The lowest BCUT2D eigenvalue weighted by Crippen LogP contribution is -1.97. The standard InChI is InChI=1S/C11H16Br2N2/c1-3-9-11(13)10(15(2)14-9)7-5-4-6-8-12/h4-5H,3,6-8H2,1-2H3. The van der Waals surface area contributed by atoms with Crippen LogP contribution in [0.3, 0.4) is 0 Å². The normalized spacial score (nSPS) is 11.5. The van der Waals surface area contributed by atoms with Crippen molar-refractivity contribution in [1.82, 2.24) is 9.78 Å². The van der Waals surface area contributed by atoms with Gasteiger partial charge in [-0.2, -0.15) is 5.10 Å². The first-order chi connectivity index (χ1) is 7.20. The number of hydrogen-bond donors (Lipinski definition) is 0. The molecule has 0 unspecified atom stereocenters. The Morgan fingerprint density at radius 3 is 2.67 bits per heavy atom. The van der Waals surface area contributed by atoms with Crippen molar-refractivity contribution in [2.45, 2.75) is 26.2 Å². The zero-order valence-corrected chi connectivity index (χ0v) is 12.3. The van der Waals surface area contributed by atoms with Crippen LogP contribution in [0.15, 0.2) is 16.6 Å². The lowest BCUT2D eigenvalue weighted by atomic mass is 10.2. The molecule has 0 aliphatic heterocycles. The minimum atomic E-state index is 0.942. The smallest absolute Gasteiger partial charge is 0.0766 e. The monoisotopic (exact) mass is 334 g/mol. The van der Waals surface area contributed by atoms with Crippen LogP contribution < -0.4 is 0 Å². The Balaban J connectivity index is 2.72. The first-order valence-electron chi connectivity index (χ1n) is 5.11. The molecule has 0 amide bonds. The lowest BCUT2D eigenvalue weighted by Gasteiger charge is -1.97. The van der Waals surface area contributed by atoms with Crippen LogP contribution in [-0.2, 0) is 19.9 Å². The third-order valence-electron chi connectivity index (χ3n) is 2.26. The van der Waals surface area contributed by atoms with Crippen molar-refractivity contribution in [3.63, 3.8) is 0 Å². The summed E-state index contributed by atoms with van der Waals surface area (Å²) in [6.45, 7) is 2.12. The van der Waals surface area contributed by atoms with Gasteiger partial charge in [0.25, 0.3) is 0 Å². The topological polar surface area (TPSA) is 17.8 Å². The molecule has 1 rings (SSSR count). The Bertz CT molecular complexity index is 343. The summed E-state index contributed by atoms with van der Waals surface area (Å²) in [6.07, 6.45) is 7.38. The van der Waals surface area contributed by atoms with E-state index in [2.05, 4.69) is 56.0 Å². The largest absolute Gasteiger partial charge is 0.271 e. The van der Waals surface area contributed by atoms with Crippen LogP contribution in [0.1, 0.15) is 24.7 Å². The van der Waals surface area contributed by atoms with E-state index in [0.29, 0.717) is 0 Å². The van der Waals surface area contributed by atoms with Gasteiger partial charge in [0.2, 0.25) is 0 Å². The van der Waals surface area contributed by atoms with E-state index < -0.39 is 0 Å². The van der Waals surface area contributed by atoms with Crippen molar-refractivity contribution in [2.24, 2.45) is 7.05 Å². The van der Waals surface area contributed by atoms with E-state index in [4.69, 9.17) is 0 Å². The van der Waals surface area contributed by atoms with Gasteiger partial charge in [-0.3, -0.25) is 4.68 Å². The fraction of sp³-hybridized carbons (Fsp3) is 0.545. The number of halogens is 2. The van der Waals surface area contributed by atoms with Crippen molar-refractivity contribution < 1.29 is 0 Å². The molecule has 0 bridgehead atoms. The molecule has 0 aliphatic rings. The third-order valence-corrected chi connectivity index (χ3v) is 3.63. The molecule has 15 heavy (non-hydrogen) atoms. The maximum atomic E-state index is 4.45. The van der Waals surface area contributed by atoms with Gasteiger partial charge in [0.05, 0.1) is 15.9 Å². The predicted molar refractivity (Wildman–Crippen MR) is 71.5 cm³/mol. The molecule has 0 N–H and O–H groups in total. The zero-order chi connectivity index (χ0) is 11.3. The fourth-order valence-corrected chi connectivity index (χ4v) is 2.46. The van der Waals surface area contributed by atoms with Crippen LogP contribution in [0.5, 0.6) is 0 Å². The summed E-state index contributed by atoms with van der Waals surface area (Å²) in [6, 6.07) is 0. The van der Waals surface area contributed by atoms with E-state index in [-0.39, 0.29) is 0 Å². The van der Waals surface area contributed by atoms with Gasteiger partial charge in [-0.25, -0.2) is 0 Å². The number of aromatic nitrogens is 2. The molecular formula is C11H16Br2N2. The van der Waals surface area contributed by atoms with E-state index in [1.165, 1.54) is 5.69 Å². The first-order valence-corrected chi connectivity index (χ1v) is 7.03. The molecule has 0 saturated carbocycles. The maximum Gasteiger partial charge on any atom is 0.0766 e. The average molecular weight is 336 g/mol. The molecule has 4 heteroatoms. The van der Waals surface area contributed by atoms with E-state index in [1.54, 1.807) is 0 Å². The number of aryl methyl sites for hydroxylation is 2. The van der Waals surface area contributed by atoms with Gasteiger partial charge in [-0.1, -0.05) is 35.0 Å². The first kappa shape index (κ1) is 13.0. The molecule has 0 spiro atoms. The van der Waals surface area contributed by atoms with Crippen LogP contribution in [0.2, 0.25) is 0 Å². The molecule has 0 atom stereocenters. The number of alkyl halides is 1. The van der Waals surface area contributed by atoms with Crippen LogP contribution >= 0.6 is 31.9 Å². The highest BCUT2D eigenvalue weighted by Gasteiger charge is 2.10. The summed E-state index contributed by atoms with van der Waals surface area (Å²) in [4.78, 5) is 0. The Morgan fingerprint density at radius 2 is 2.13 bits per heavy atom. The van der Waals surface area contributed by atoms with Gasteiger partial charge < -0.3 is 0 Å².